The molecule has 0 aromatic rings. The van der Waals surface area contributed by atoms with E-state index in [1.807, 2.05) is 12.3 Å². The van der Waals surface area contributed by atoms with E-state index in [4.69, 9.17) is 0 Å². The lowest BCUT2D eigenvalue weighted by Crippen LogP contribution is -3.00. The van der Waals surface area contributed by atoms with Crippen LogP contribution < -0.4 is 17.7 Å². The highest BCUT2D eigenvalue weighted by Gasteiger charge is 2.00. The molecule has 0 aliphatic rings. The van der Waals surface area contributed by atoms with E-state index in [1.54, 1.807) is 6.92 Å². The summed E-state index contributed by atoms with van der Waals surface area (Å²) >= 11 is 0. The number of hydrogen-bond donors (Lipinski definition) is 1. The SMILES string of the molecule is C=C(C)C(=O)NCC=C[N+](C)(C)C.[Cl-]. The van der Waals surface area contributed by atoms with Crippen molar-refractivity contribution in [1.82, 2.24) is 5.32 Å². The summed E-state index contributed by atoms with van der Waals surface area (Å²) in [7, 11) is 6.16. The molecule has 14 heavy (non-hydrogen) atoms. The van der Waals surface area contributed by atoms with Crippen LogP contribution in [-0.4, -0.2) is 38.1 Å². The molecule has 0 radical (unpaired) electrons. The van der Waals surface area contributed by atoms with Gasteiger partial charge in [-0.1, -0.05) is 6.58 Å². The third-order valence-electron chi connectivity index (χ3n) is 1.32. The highest BCUT2D eigenvalue weighted by molar-refractivity contribution is 5.92. The van der Waals surface area contributed by atoms with E-state index in [9.17, 15) is 4.79 Å². The predicted molar refractivity (Wildman–Crippen MR) is 55.0 cm³/mol. The van der Waals surface area contributed by atoms with Gasteiger partial charge in [0, 0.05) is 12.1 Å². The van der Waals surface area contributed by atoms with E-state index in [0.29, 0.717) is 12.1 Å². The molecule has 0 saturated carbocycles. The van der Waals surface area contributed by atoms with Crippen LogP contribution in [0.5, 0.6) is 0 Å². The molecule has 0 unspecified atom stereocenters. The molecule has 82 valence electrons. The molecule has 1 N–H and O–H groups in total. The minimum atomic E-state index is -0.0916. The fraction of sp³-hybridized carbons (Fsp3) is 0.500. The third-order valence-corrected chi connectivity index (χ3v) is 1.32. The second-order valence-electron chi connectivity index (χ2n) is 3.99. The van der Waals surface area contributed by atoms with Gasteiger partial charge in [-0.05, 0) is 13.0 Å². The lowest BCUT2D eigenvalue weighted by Gasteiger charge is -2.17. The van der Waals surface area contributed by atoms with Gasteiger partial charge in [0.05, 0.1) is 27.3 Å². The summed E-state index contributed by atoms with van der Waals surface area (Å²) in [5.41, 5.74) is 0.540. The molecule has 0 aliphatic heterocycles. The highest BCUT2D eigenvalue weighted by Crippen LogP contribution is 1.90. The van der Waals surface area contributed by atoms with Crippen molar-refractivity contribution in [2.24, 2.45) is 0 Å². The van der Waals surface area contributed by atoms with E-state index in [2.05, 4.69) is 33.0 Å². The number of rotatable bonds is 4. The van der Waals surface area contributed by atoms with E-state index in [-0.39, 0.29) is 18.3 Å². The van der Waals surface area contributed by atoms with Gasteiger partial charge in [0.25, 0.3) is 0 Å². The molecular formula is C10H19ClN2O. The lowest BCUT2D eigenvalue weighted by atomic mass is 10.3. The molecule has 4 heteroatoms. The fourth-order valence-electron chi connectivity index (χ4n) is 0.671. The highest BCUT2D eigenvalue weighted by atomic mass is 35.5. The van der Waals surface area contributed by atoms with Crippen LogP contribution in [0.1, 0.15) is 6.92 Å². The first-order valence-electron chi connectivity index (χ1n) is 4.25. The van der Waals surface area contributed by atoms with Crippen LogP contribution >= 0.6 is 0 Å². The van der Waals surface area contributed by atoms with Gasteiger partial charge in [0.1, 0.15) is 0 Å². The Balaban J connectivity index is 0. The van der Waals surface area contributed by atoms with Crippen LogP contribution in [0.15, 0.2) is 24.4 Å². The molecule has 1 amide bonds. The first-order chi connectivity index (χ1) is 5.83. The smallest absolute Gasteiger partial charge is 0.246 e. The van der Waals surface area contributed by atoms with Crippen molar-refractivity contribution in [2.75, 3.05) is 27.7 Å². The largest absolute Gasteiger partial charge is 1.00 e. The monoisotopic (exact) mass is 218 g/mol. The van der Waals surface area contributed by atoms with E-state index < -0.39 is 0 Å². The van der Waals surface area contributed by atoms with Gasteiger partial charge in [-0.2, -0.15) is 0 Å². The standard InChI is InChI=1S/C10H18N2O.ClH/c1-9(2)10(13)11-7-6-8-12(3,4)5;/h6,8H,1,7H2,2-5H3;1H. The predicted octanol–water partition coefficient (Wildman–Crippen LogP) is -2.10. The topological polar surface area (TPSA) is 29.1 Å². The number of hydrogen-bond acceptors (Lipinski definition) is 1. The summed E-state index contributed by atoms with van der Waals surface area (Å²) in [6.07, 6.45) is 3.94. The Kier molecular flexibility index (Phi) is 7.41. The second-order valence-corrected chi connectivity index (χ2v) is 3.99. The van der Waals surface area contributed by atoms with Crippen LogP contribution in [0.3, 0.4) is 0 Å². The average Bonchev–Trinajstić information content (AvgIpc) is 1.95. The summed E-state index contributed by atoms with van der Waals surface area (Å²) in [5.74, 6) is -0.0916. The van der Waals surface area contributed by atoms with Gasteiger partial charge < -0.3 is 22.2 Å². The zero-order valence-electron chi connectivity index (χ0n) is 9.30. The number of halogens is 1. The zero-order valence-corrected chi connectivity index (χ0v) is 10.1. The minimum Gasteiger partial charge on any atom is -1.00 e. The summed E-state index contributed by atoms with van der Waals surface area (Å²) in [6.45, 7) is 5.79. The Morgan fingerprint density at radius 3 is 2.29 bits per heavy atom. The van der Waals surface area contributed by atoms with Crippen molar-refractivity contribution >= 4 is 5.91 Å². The summed E-state index contributed by atoms with van der Waals surface area (Å²) in [4.78, 5) is 11.0. The number of amides is 1. The number of carbonyl (C=O) groups excluding carboxylic acids is 1. The maximum atomic E-state index is 11.0. The van der Waals surface area contributed by atoms with Crippen LogP contribution in [0.2, 0.25) is 0 Å². The van der Waals surface area contributed by atoms with Crippen LogP contribution in [0, 0.1) is 0 Å². The fourth-order valence-corrected chi connectivity index (χ4v) is 0.671. The van der Waals surface area contributed by atoms with Crippen molar-refractivity contribution in [1.29, 1.82) is 0 Å². The van der Waals surface area contributed by atoms with Crippen LogP contribution in [-0.2, 0) is 4.79 Å². The molecule has 0 rings (SSSR count). The molecule has 0 fully saturated rings. The quantitative estimate of drug-likeness (QED) is 0.425. The maximum absolute atomic E-state index is 11.0. The molecule has 0 heterocycles. The molecule has 0 bridgehead atoms. The van der Waals surface area contributed by atoms with Crippen molar-refractivity contribution in [2.45, 2.75) is 6.92 Å². The molecule has 0 aromatic heterocycles. The first kappa shape index (κ1) is 15.7. The second kappa shape index (κ2) is 6.62. The molecule has 0 aromatic carbocycles. The molecular weight excluding hydrogens is 200 g/mol. The van der Waals surface area contributed by atoms with Gasteiger partial charge in [0.2, 0.25) is 5.91 Å². The molecule has 0 spiro atoms. The molecule has 0 aliphatic carbocycles. The van der Waals surface area contributed by atoms with Gasteiger partial charge in [-0.3, -0.25) is 4.79 Å². The Labute approximate surface area is 92.5 Å². The van der Waals surface area contributed by atoms with Crippen LogP contribution in [0.4, 0.5) is 0 Å². The number of nitrogens with zero attached hydrogens (tertiary/aromatic N) is 1. The van der Waals surface area contributed by atoms with Gasteiger partial charge in [0.15, 0.2) is 0 Å². The summed E-state index contributed by atoms with van der Waals surface area (Å²) < 4.78 is 0.753. The first-order valence-corrected chi connectivity index (χ1v) is 4.25. The van der Waals surface area contributed by atoms with E-state index >= 15 is 0 Å². The van der Waals surface area contributed by atoms with E-state index in [1.165, 1.54) is 0 Å². The Bertz CT molecular complexity index is 229. The summed E-state index contributed by atoms with van der Waals surface area (Å²) in [5, 5.41) is 2.72. The van der Waals surface area contributed by atoms with Gasteiger partial charge in [-0.15, -0.1) is 0 Å². The van der Waals surface area contributed by atoms with Crippen molar-refractivity contribution in [3.8, 4) is 0 Å². The molecule has 3 nitrogen and oxygen atoms in total. The van der Waals surface area contributed by atoms with Crippen LogP contribution in [0.25, 0.3) is 0 Å². The third kappa shape index (κ3) is 9.29. The maximum Gasteiger partial charge on any atom is 0.246 e. The summed E-state index contributed by atoms with van der Waals surface area (Å²) in [6, 6.07) is 0. The zero-order chi connectivity index (χ0) is 10.5. The minimum absolute atomic E-state index is 0. The Morgan fingerprint density at radius 1 is 1.43 bits per heavy atom. The van der Waals surface area contributed by atoms with E-state index in [0.717, 1.165) is 4.48 Å². The Hall–Kier alpha value is -0.800. The number of quaternary nitrogens is 1. The lowest BCUT2D eigenvalue weighted by molar-refractivity contribution is -0.817. The number of nitrogens with one attached hydrogen (secondary N) is 1. The van der Waals surface area contributed by atoms with Crippen molar-refractivity contribution in [3.63, 3.8) is 0 Å². The van der Waals surface area contributed by atoms with Gasteiger partial charge in [-0.25, -0.2) is 0 Å². The molecule has 0 saturated heterocycles. The normalized spacial score (nSPS) is 10.9. The van der Waals surface area contributed by atoms with Gasteiger partial charge >= 0.3 is 0 Å². The van der Waals surface area contributed by atoms with Crippen molar-refractivity contribution in [3.05, 3.63) is 24.4 Å². The number of carbonyl (C=O) groups is 1. The Morgan fingerprint density at radius 2 is 1.93 bits per heavy atom. The molecule has 0 atom stereocenters. The van der Waals surface area contributed by atoms with Crippen molar-refractivity contribution < 1.29 is 21.7 Å². The average molecular weight is 219 g/mol.